The summed E-state index contributed by atoms with van der Waals surface area (Å²) in [5, 5.41) is 10.7. The molecule has 0 aliphatic rings. The third kappa shape index (κ3) is 9.06. The second kappa shape index (κ2) is 11.3. The molecule has 0 saturated carbocycles. The van der Waals surface area contributed by atoms with E-state index in [1.54, 1.807) is 0 Å². The number of unbranched alkanes of at least 4 members (excludes halogenated alkanes) is 1. The Kier molecular flexibility index (Phi) is 11.1. The molecule has 0 aromatic rings. The fourth-order valence-electron chi connectivity index (χ4n) is 1.65. The van der Waals surface area contributed by atoms with Gasteiger partial charge in [0.05, 0.1) is 6.10 Å². The minimum Gasteiger partial charge on any atom is -0.377 e. The number of rotatable bonds is 10. The number of thioether (sulfide) groups is 1. The SMILES string of the molecule is CCCCC(CSC#N)OCC(C)CCC. The average Bonchev–Trinajstić information content (AvgIpc) is 2.28. The van der Waals surface area contributed by atoms with Crippen LogP contribution < -0.4 is 0 Å². The fraction of sp³-hybridized carbons (Fsp3) is 0.923. The molecule has 0 aromatic carbocycles. The predicted octanol–water partition coefficient (Wildman–Crippen LogP) is 4.21. The van der Waals surface area contributed by atoms with Crippen LogP contribution >= 0.6 is 11.8 Å². The maximum atomic E-state index is 8.56. The highest BCUT2D eigenvalue weighted by Gasteiger charge is 2.11. The number of hydrogen-bond acceptors (Lipinski definition) is 3. The van der Waals surface area contributed by atoms with Crippen LogP contribution in [0.2, 0.25) is 0 Å². The van der Waals surface area contributed by atoms with Gasteiger partial charge in [0.1, 0.15) is 5.40 Å². The molecular formula is C13H25NOS. The molecule has 0 heterocycles. The van der Waals surface area contributed by atoms with Gasteiger partial charge in [-0.15, -0.1) is 0 Å². The summed E-state index contributed by atoms with van der Waals surface area (Å²) in [7, 11) is 0. The maximum absolute atomic E-state index is 8.56. The van der Waals surface area contributed by atoms with Crippen molar-refractivity contribution >= 4 is 11.8 Å². The Hall–Kier alpha value is -0.200. The van der Waals surface area contributed by atoms with E-state index < -0.39 is 0 Å². The van der Waals surface area contributed by atoms with Crippen molar-refractivity contribution in [1.29, 1.82) is 5.26 Å². The second-order valence-electron chi connectivity index (χ2n) is 4.39. The first-order chi connectivity index (χ1) is 7.74. The van der Waals surface area contributed by atoms with Crippen molar-refractivity contribution in [3.05, 3.63) is 0 Å². The molecule has 0 saturated heterocycles. The van der Waals surface area contributed by atoms with Gasteiger partial charge in [-0.05, 0) is 30.5 Å². The zero-order chi connectivity index (χ0) is 12.2. The van der Waals surface area contributed by atoms with Crippen molar-refractivity contribution in [2.75, 3.05) is 12.4 Å². The zero-order valence-corrected chi connectivity index (χ0v) is 11.7. The van der Waals surface area contributed by atoms with E-state index in [0.29, 0.717) is 5.92 Å². The lowest BCUT2D eigenvalue weighted by molar-refractivity contribution is 0.0388. The first-order valence-corrected chi connectivity index (χ1v) is 7.35. The molecule has 0 amide bonds. The Labute approximate surface area is 105 Å². The average molecular weight is 243 g/mol. The van der Waals surface area contributed by atoms with Gasteiger partial charge in [-0.1, -0.05) is 40.0 Å². The van der Waals surface area contributed by atoms with Crippen molar-refractivity contribution in [3.63, 3.8) is 0 Å². The van der Waals surface area contributed by atoms with Crippen LogP contribution in [0.1, 0.15) is 52.9 Å². The summed E-state index contributed by atoms with van der Waals surface area (Å²) in [4.78, 5) is 0. The first kappa shape index (κ1) is 15.8. The molecule has 2 unspecified atom stereocenters. The smallest absolute Gasteiger partial charge is 0.133 e. The van der Waals surface area contributed by atoms with Crippen LogP contribution in [-0.4, -0.2) is 18.5 Å². The molecule has 94 valence electrons. The van der Waals surface area contributed by atoms with Gasteiger partial charge >= 0.3 is 0 Å². The topological polar surface area (TPSA) is 33.0 Å². The lowest BCUT2D eigenvalue weighted by Crippen LogP contribution is -2.19. The first-order valence-electron chi connectivity index (χ1n) is 6.37. The van der Waals surface area contributed by atoms with Crippen LogP contribution in [0.5, 0.6) is 0 Å². The molecule has 0 N–H and O–H groups in total. The van der Waals surface area contributed by atoms with Crippen LogP contribution in [-0.2, 0) is 4.74 Å². The lowest BCUT2D eigenvalue weighted by atomic mass is 10.1. The van der Waals surface area contributed by atoms with Crippen molar-refractivity contribution in [1.82, 2.24) is 0 Å². The van der Waals surface area contributed by atoms with E-state index in [-0.39, 0.29) is 6.10 Å². The third-order valence-electron chi connectivity index (χ3n) is 2.61. The van der Waals surface area contributed by atoms with E-state index in [4.69, 9.17) is 10.00 Å². The molecule has 0 aliphatic heterocycles. The van der Waals surface area contributed by atoms with E-state index >= 15 is 0 Å². The van der Waals surface area contributed by atoms with Crippen molar-refractivity contribution in [2.45, 2.75) is 59.0 Å². The summed E-state index contributed by atoms with van der Waals surface area (Å²) in [6, 6.07) is 0. The van der Waals surface area contributed by atoms with Gasteiger partial charge in [0.15, 0.2) is 0 Å². The van der Waals surface area contributed by atoms with Crippen LogP contribution in [0.4, 0.5) is 0 Å². The molecule has 0 bridgehead atoms. The Morgan fingerprint density at radius 2 is 2.00 bits per heavy atom. The fourth-order valence-corrected chi connectivity index (χ4v) is 2.18. The molecule has 2 nitrogen and oxygen atoms in total. The number of ether oxygens (including phenoxy) is 1. The summed E-state index contributed by atoms with van der Waals surface area (Å²) >= 11 is 1.31. The summed E-state index contributed by atoms with van der Waals surface area (Å²) in [6.45, 7) is 7.47. The van der Waals surface area contributed by atoms with Crippen LogP contribution in [0, 0.1) is 16.6 Å². The number of thiocyanates is 1. The van der Waals surface area contributed by atoms with E-state index in [9.17, 15) is 0 Å². The van der Waals surface area contributed by atoms with Gasteiger partial charge in [0.2, 0.25) is 0 Å². The van der Waals surface area contributed by atoms with Crippen LogP contribution in [0.25, 0.3) is 0 Å². The van der Waals surface area contributed by atoms with E-state index in [0.717, 1.165) is 18.8 Å². The Morgan fingerprint density at radius 3 is 2.56 bits per heavy atom. The molecule has 2 atom stereocenters. The summed E-state index contributed by atoms with van der Waals surface area (Å²) < 4.78 is 5.89. The number of nitriles is 1. The number of nitrogens with zero attached hydrogens (tertiary/aromatic N) is 1. The van der Waals surface area contributed by atoms with Crippen LogP contribution in [0.3, 0.4) is 0 Å². The minimum absolute atomic E-state index is 0.268. The Balaban J connectivity index is 3.76. The van der Waals surface area contributed by atoms with Crippen molar-refractivity contribution in [2.24, 2.45) is 5.92 Å². The number of hydrogen-bond donors (Lipinski definition) is 0. The Morgan fingerprint density at radius 1 is 1.25 bits per heavy atom. The van der Waals surface area contributed by atoms with E-state index in [2.05, 4.69) is 26.2 Å². The van der Waals surface area contributed by atoms with Gasteiger partial charge < -0.3 is 4.74 Å². The molecule has 0 aliphatic carbocycles. The molecular weight excluding hydrogens is 218 g/mol. The zero-order valence-electron chi connectivity index (χ0n) is 10.9. The summed E-state index contributed by atoms with van der Waals surface area (Å²) in [5.74, 6) is 1.45. The normalized spacial score (nSPS) is 14.4. The van der Waals surface area contributed by atoms with Gasteiger partial charge in [0, 0.05) is 12.4 Å². The van der Waals surface area contributed by atoms with E-state index in [1.165, 1.54) is 37.4 Å². The van der Waals surface area contributed by atoms with Gasteiger partial charge in [-0.25, -0.2) is 0 Å². The van der Waals surface area contributed by atoms with Crippen molar-refractivity contribution < 1.29 is 4.74 Å². The van der Waals surface area contributed by atoms with Gasteiger partial charge in [0.25, 0.3) is 0 Å². The molecule has 16 heavy (non-hydrogen) atoms. The Bertz CT molecular complexity index is 191. The largest absolute Gasteiger partial charge is 0.377 e. The highest BCUT2D eigenvalue weighted by Crippen LogP contribution is 2.14. The molecule has 0 spiro atoms. The van der Waals surface area contributed by atoms with E-state index in [1.807, 2.05) is 0 Å². The van der Waals surface area contributed by atoms with Crippen LogP contribution in [0.15, 0.2) is 0 Å². The molecule has 0 aromatic heterocycles. The molecule has 0 radical (unpaired) electrons. The van der Waals surface area contributed by atoms with Gasteiger partial charge in [-0.3, -0.25) is 0 Å². The molecule has 0 fully saturated rings. The van der Waals surface area contributed by atoms with Crippen molar-refractivity contribution in [3.8, 4) is 5.40 Å². The lowest BCUT2D eigenvalue weighted by Gasteiger charge is -2.18. The quantitative estimate of drug-likeness (QED) is 0.539. The summed E-state index contributed by atoms with van der Waals surface area (Å²) in [6.07, 6.45) is 6.19. The third-order valence-corrected chi connectivity index (χ3v) is 3.28. The second-order valence-corrected chi connectivity index (χ2v) is 5.20. The standard InChI is InChI=1S/C13H25NOS/c1-4-6-8-13(10-16-11-14)15-9-12(3)7-5-2/h12-13H,4-10H2,1-3H3. The molecule has 0 rings (SSSR count). The summed E-state index contributed by atoms with van der Waals surface area (Å²) in [5.41, 5.74) is 0. The van der Waals surface area contributed by atoms with Gasteiger partial charge in [-0.2, -0.15) is 5.26 Å². The maximum Gasteiger partial charge on any atom is 0.133 e. The highest BCUT2D eigenvalue weighted by atomic mass is 32.2. The minimum atomic E-state index is 0.268. The predicted molar refractivity (Wildman–Crippen MR) is 71.4 cm³/mol. The highest BCUT2D eigenvalue weighted by molar-refractivity contribution is 8.03. The monoisotopic (exact) mass is 243 g/mol. The molecule has 3 heteroatoms.